The smallest absolute Gasteiger partial charge is 0.396 e. The minimum atomic E-state index is -3.92. The van der Waals surface area contributed by atoms with Crippen molar-refractivity contribution in [1.82, 2.24) is 0 Å². The van der Waals surface area contributed by atoms with E-state index in [9.17, 15) is 8.42 Å². The fraction of sp³-hybridized carbons (Fsp3) is 1.00. The highest BCUT2D eigenvalue weighted by Crippen LogP contribution is 1.75. The molecule has 0 spiro atoms. The van der Waals surface area contributed by atoms with E-state index < -0.39 is 43.5 Å². The highest BCUT2D eigenvalue weighted by molar-refractivity contribution is 7.85. The van der Waals surface area contributed by atoms with Gasteiger partial charge in [0.05, 0.1) is 12.4 Å². The molecule has 0 saturated heterocycles. The number of hydrogen-bond acceptors (Lipinski definition) is 6. The number of aliphatic hydroxyl groups is 1. The normalized spacial score (nSPS) is 10.7. The predicted octanol–water partition coefficient (Wildman–Crippen LogP) is -7.06. The molecule has 0 atom stereocenters. The van der Waals surface area contributed by atoms with Crippen LogP contribution in [0.3, 0.4) is 0 Å². The summed E-state index contributed by atoms with van der Waals surface area (Å²) in [5.41, 5.74) is 0. The van der Waals surface area contributed by atoms with Crippen molar-refractivity contribution in [2.45, 2.75) is 0 Å². The Morgan fingerprint density at radius 3 is 1.64 bits per heavy atom. The zero-order valence-electron chi connectivity index (χ0n) is 5.18. The molecule has 11 heavy (non-hydrogen) atoms. The lowest BCUT2D eigenvalue weighted by atomic mass is 10.9. The topological polar surface area (TPSA) is 141 Å². The van der Waals surface area contributed by atoms with Gasteiger partial charge in [-0.15, -0.1) is 0 Å². The molecule has 0 aliphatic heterocycles. The van der Waals surface area contributed by atoms with Crippen molar-refractivity contribution in [2.24, 2.45) is 0 Å². The van der Waals surface area contributed by atoms with Gasteiger partial charge in [-0.3, -0.25) is 4.55 Å². The molecule has 3 N–H and O–H groups in total. The molecule has 0 fully saturated rings. The van der Waals surface area contributed by atoms with Crippen molar-refractivity contribution in [1.29, 1.82) is 0 Å². The van der Waals surface area contributed by atoms with E-state index in [1.54, 1.807) is 0 Å². The molecule has 0 aromatic heterocycles. The van der Waals surface area contributed by atoms with Gasteiger partial charge in [-0.25, -0.2) is 0 Å². The SMILES string of the molecule is O=S(=O)(O)CCO.[O-][I+2]([O-])O. The van der Waals surface area contributed by atoms with Gasteiger partial charge in [0.15, 0.2) is 0 Å². The third-order valence-electron chi connectivity index (χ3n) is 0.349. The van der Waals surface area contributed by atoms with Gasteiger partial charge in [0.1, 0.15) is 0 Å². The first-order valence-electron chi connectivity index (χ1n) is 2.10. The van der Waals surface area contributed by atoms with E-state index >= 15 is 0 Å². The van der Waals surface area contributed by atoms with Crippen molar-refractivity contribution in [3.8, 4) is 0 Å². The molecule has 0 heterocycles. The molecule has 0 amide bonds. The van der Waals surface area contributed by atoms with Crippen LogP contribution in [0.4, 0.5) is 0 Å². The first kappa shape index (κ1) is 14.0. The molecule has 0 aromatic carbocycles. The Kier molecular flexibility index (Phi) is 9.11. The quantitative estimate of drug-likeness (QED) is 0.340. The summed E-state index contributed by atoms with van der Waals surface area (Å²) in [5.74, 6) is -0.576. The van der Waals surface area contributed by atoms with Crippen LogP contribution in [-0.4, -0.2) is 33.9 Å². The second-order valence-electron chi connectivity index (χ2n) is 1.21. The van der Waals surface area contributed by atoms with Crippen LogP contribution in [-0.2, 0) is 10.1 Å². The molecule has 0 bridgehead atoms. The van der Waals surface area contributed by atoms with Gasteiger partial charge in [-0.2, -0.15) is 8.42 Å². The van der Waals surface area contributed by atoms with E-state index in [2.05, 4.69) is 0 Å². The zero-order valence-corrected chi connectivity index (χ0v) is 8.15. The van der Waals surface area contributed by atoms with Gasteiger partial charge >= 0.3 is 21.1 Å². The third-order valence-corrected chi connectivity index (χ3v) is 1.05. The van der Waals surface area contributed by atoms with Crippen molar-refractivity contribution in [3.05, 3.63) is 0 Å². The van der Waals surface area contributed by atoms with E-state index in [-0.39, 0.29) is 0 Å². The molecule has 7 nitrogen and oxygen atoms in total. The monoisotopic (exact) mass is 302 g/mol. The molecule has 0 saturated carbocycles. The van der Waals surface area contributed by atoms with Crippen LogP contribution in [0.1, 0.15) is 0 Å². The van der Waals surface area contributed by atoms with Gasteiger partial charge in [0.25, 0.3) is 10.1 Å². The number of aliphatic hydroxyl groups excluding tert-OH is 1. The molecule has 0 radical (unpaired) electrons. The summed E-state index contributed by atoms with van der Waals surface area (Å²) < 4.78 is 51.6. The summed E-state index contributed by atoms with van der Waals surface area (Å²) >= 11 is -3.76. The summed E-state index contributed by atoms with van der Waals surface area (Å²) in [4.78, 5) is 0. The zero-order chi connectivity index (χ0) is 9.49. The Morgan fingerprint density at radius 1 is 1.36 bits per heavy atom. The molecule has 0 rings (SSSR count). The maximum Gasteiger partial charge on any atom is 0.503 e. The molecule has 0 aliphatic carbocycles. The summed E-state index contributed by atoms with van der Waals surface area (Å²) in [6, 6.07) is 0. The lowest BCUT2D eigenvalue weighted by molar-refractivity contribution is -1.63. The maximum atomic E-state index is 9.63. The Balaban J connectivity index is 0. The fourth-order valence-electron chi connectivity index (χ4n) is 0.115. The van der Waals surface area contributed by atoms with Crippen LogP contribution in [0, 0.1) is 0 Å². The highest BCUT2D eigenvalue weighted by atomic mass is 127. The highest BCUT2D eigenvalue weighted by Gasteiger charge is 1.99. The Hall–Kier alpha value is 0.480. The van der Waals surface area contributed by atoms with Crippen LogP contribution in [0.2, 0.25) is 0 Å². The summed E-state index contributed by atoms with van der Waals surface area (Å²) in [5, 5.41) is 7.86. The van der Waals surface area contributed by atoms with E-state index in [0.29, 0.717) is 0 Å². The maximum absolute atomic E-state index is 9.63. The summed E-state index contributed by atoms with van der Waals surface area (Å²) in [7, 11) is -3.92. The number of halogens is 1. The van der Waals surface area contributed by atoms with E-state index in [4.69, 9.17) is 20.0 Å². The van der Waals surface area contributed by atoms with Crippen molar-refractivity contribution in [2.75, 3.05) is 12.4 Å². The van der Waals surface area contributed by atoms with Crippen LogP contribution in [0.25, 0.3) is 0 Å². The molecule has 0 unspecified atom stereocenters. The van der Waals surface area contributed by atoms with Gasteiger partial charge in [-0.1, -0.05) is 0 Å². The summed E-state index contributed by atoms with van der Waals surface area (Å²) in [6.45, 7) is -0.529. The van der Waals surface area contributed by atoms with Gasteiger partial charge < -0.3 is 12.0 Å². The largest absolute Gasteiger partial charge is 0.503 e. The standard InChI is InChI=1S/C2H6O4S.HIO3/c3-1-2-7(4,5)6;2-1(3)4/h3H,1-2H2,(H,4,5,6);2H. The Bertz CT molecular complexity index is 159. The summed E-state index contributed by atoms with van der Waals surface area (Å²) in [6.07, 6.45) is 0. The van der Waals surface area contributed by atoms with Crippen LogP contribution in [0.15, 0.2) is 0 Å². The average Bonchev–Trinajstić information content (AvgIpc) is 1.58. The Morgan fingerprint density at radius 2 is 1.64 bits per heavy atom. The minimum Gasteiger partial charge on any atom is -0.396 e. The van der Waals surface area contributed by atoms with E-state index in [1.807, 2.05) is 0 Å². The molecular weight excluding hydrogens is 295 g/mol. The van der Waals surface area contributed by atoms with Gasteiger partial charge in [0, 0.05) is 0 Å². The van der Waals surface area contributed by atoms with Gasteiger partial charge in [0.2, 0.25) is 0 Å². The number of rotatable bonds is 2. The van der Waals surface area contributed by atoms with Crippen molar-refractivity contribution < 1.29 is 49.4 Å². The molecular formula is C2H7IO7S. The van der Waals surface area contributed by atoms with Crippen LogP contribution >= 0.6 is 0 Å². The van der Waals surface area contributed by atoms with Crippen LogP contribution in [0.5, 0.6) is 0 Å². The van der Waals surface area contributed by atoms with Crippen LogP contribution < -0.4 is 27.9 Å². The predicted molar refractivity (Wildman–Crippen MR) is 25.7 cm³/mol. The number of hydrogen-bond donors (Lipinski definition) is 3. The lowest BCUT2D eigenvalue weighted by Crippen LogP contribution is -3.98. The molecule has 0 aromatic rings. The second-order valence-corrected chi connectivity index (χ2v) is 3.93. The fourth-order valence-corrected chi connectivity index (χ4v) is 0.346. The molecule has 70 valence electrons. The van der Waals surface area contributed by atoms with Crippen molar-refractivity contribution >= 4 is 10.1 Å². The second kappa shape index (κ2) is 7.15. The Labute approximate surface area is 72.1 Å². The molecule has 9 heteroatoms. The van der Waals surface area contributed by atoms with Crippen molar-refractivity contribution in [3.63, 3.8) is 0 Å². The average molecular weight is 302 g/mol. The first-order chi connectivity index (χ1) is 4.79. The first-order valence-corrected chi connectivity index (χ1v) is 6.43. The lowest BCUT2D eigenvalue weighted by Gasteiger charge is -1.85. The van der Waals surface area contributed by atoms with Gasteiger partial charge in [-0.05, 0) is 3.44 Å². The van der Waals surface area contributed by atoms with E-state index in [0.717, 1.165) is 0 Å². The molecule has 0 aliphatic rings. The minimum absolute atomic E-state index is 0.529. The van der Waals surface area contributed by atoms with E-state index in [1.165, 1.54) is 0 Å². The third kappa shape index (κ3) is 37.5.